The molecule has 5 rings (SSSR count). The summed E-state index contributed by atoms with van der Waals surface area (Å²) >= 11 is 1.68. The molecule has 190 valence electrons. The summed E-state index contributed by atoms with van der Waals surface area (Å²) in [5, 5.41) is 5.38. The van der Waals surface area contributed by atoms with Crippen LogP contribution in [0.1, 0.15) is 73.6 Å². The molecule has 1 saturated carbocycles. The molecule has 1 heterocycles. The predicted molar refractivity (Wildman–Crippen MR) is 151 cm³/mol. The molecular formula is C32H33NO3S. The zero-order chi connectivity index (χ0) is 25.5. The van der Waals surface area contributed by atoms with Crippen LogP contribution in [0.5, 0.6) is 0 Å². The maximum Gasteiger partial charge on any atom is 0.228 e. The van der Waals surface area contributed by atoms with E-state index in [0.717, 1.165) is 44.4 Å². The third kappa shape index (κ3) is 6.53. The van der Waals surface area contributed by atoms with Crippen LogP contribution in [0.15, 0.2) is 98.2 Å². The zero-order valence-corrected chi connectivity index (χ0v) is 22.1. The predicted octanol–water partition coefficient (Wildman–Crippen LogP) is 8.92. The van der Waals surface area contributed by atoms with Gasteiger partial charge in [-0.2, -0.15) is 0 Å². The van der Waals surface area contributed by atoms with E-state index in [9.17, 15) is 4.79 Å². The van der Waals surface area contributed by atoms with Crippen LogP contribution in [-0.4, -0.2) is 18.1 Å². The zero-order valence-electron chi connectivity index (χ0n) is 21.3. The van der Waals surface area contributed by atoms with E-state index in [4.69, 9.17) is 9.25 Å². The Morgan fingerprint density at radius 2 is 1.59 bits per heavy atom. The van der Waals surface area contributed by atoms with Gasteiger partial charge in [0.15, 0.2) is 5.76 Å². The molecule has 37 heavy (non-hydrogen) atoms. The number of carbonyl (C=O) groups excluding carboxylic acids is 1. The number of benzene rings is 3. The van der Waals surface area contributed by atoms with Crippen molar-refractivity contribution in [1.29, 1.82) is 0 Å². The molecule has 0 amide bonds. The average Bonchev–Trinajstić information content (AvgIpc) is 3.39. The second kappa shape index (κ2) is 12.3. The van der Waals surface area contributed by atoms with Crippen molar-refractivity contribution in [2.45, 2.75) is 61.7 Å². The van der Waals surface area contributed by atoms with Gasteiger partial charge < -0.3 is 9.25 Å². The molecule has 0 bridgehead atoms. The van der Waals surface area contributed by atoms with Crippen molar-refractivity contribution in [3.63, 3.8) is 0 Å². The molecule has 0 aliphatic heterocycles. The van der Waals surface area contributed by atoms with E-state index in [1.165, 1.54) is 38.5 Å². The Bertz CT molecular complexity index is 1320. The summed E-state index contributed by atoms with van der Waals surface area (Å²) in [4.78, 5) is 20.6. The van der Waals surface area contributed by atoms with Crippen LogP contribution in [-0.2, 0) is 4.84 Å². The van der Waals surface area contributed by atoms with Gasteiger partial charge in [-0.3, -0.25) is 4.79 Å². The number of carbonyl (C=O) groups is 1. The number of ketones is 1. The summed E-state index contributed by atoms with van der Waals surface area (Å²) in [5.41, 5.74) is 3.51. The molecule has 1 aromatic heterocycles. The number of oxime groups is 1. The lowest BCUT2D eigenvalue weighted by atomic mass is 9.85. The standard InChI is InChI=1S/C32H33NO3S/c1-2-35-33-29(21-12-23-8-4-3-5-9-23)24-13-17-27(18-14-24)37-28-19-15-25(16-20-28)32(34)31-22-26-10-6-7-11-30(26)36-31/h6-7,10-11,13-20,22-23H,2-5,8-9,12,21H2,1H3/b33-29-. The molecule has 4 aromatic rings. The third-order valence-electron chi connectivity index (χ3n) is 7.01. The van der Waals surface area contributed by atoms with Crippen LogP contribution in [0.25, 0.3) is 11.0 Å². The van der Waals surface area contributed by atoms with Gasteiger partial charge in [0.2, 0.25) is 5.78 Å². The maximum atomic E-state index is 12.9. The molecular weight excluding hydrogens is 478 g/mol. The summed E-state index contributed by atoms with van der Waals surface area (Å²) in [6.07, 6.45) is 8.95. The van der Waals surface area contributed by atoms with Gasteiger partial charge in [0.1, 0.15) is 12.2 Å². The van der Waals surface area contributed by atoms with Crippen LogP contribution in [0.4, 0.5) is 0 Å². The first kappa shape index (κ1) is 25.3. The van der Waals surface area contributed by atoms with Gasteiger partial charge in [0.05, 0.1) is 5.71 Å². The molecule has 0 atom stereocenters. The Morgan fingerprint density at radius 1 is 0.919 bits per heavy atom. The number of hydrogen-bond acceptors (Lipinski definition) is 5. The Balaban J connectivity index is 1.22. The molecule has 3 aromatic carbocycles. The van der Waals surface area contributed by atoms with Gasteiger partial charge in [-0.1, -0.05) is 79.4 Å². The highest BCUT2D eigenvalue weighted by atomic mass is 32.2. The number of fused-ring (bicyclic) bond motifs is 1. The van der Waals surface area contributed by atoms with E-state index < -0.39 is 0 Å². The lowest BCUT2D eigenvalue weighted by Gasteiger charge is -2.21. The Morgan fingerprint density at radius 3 is 2.27 bits per heavy atom. The van der Waals surface area contributed by atoms with Crippen molar-refractivity contribution in [3.8, 4) is 0 Å². The molecule has 1 aliphatic carbocycles. The number of furan rings is 1. The van der Waals surface area contributed by atoms with Crippen LogP contribution in [0.3, 0.4) is 0 Å². The van der Waals surface area contributed by atoms with Crippen molar-refractivity contribution in [3.05, 3.63) is 95.7 Å². The molecule has 0 radical (unpaired) electrons. The Kier molecular flexibility index (Phi) is 8.42. The van der Waals surface area contributed by atoms with Crippen molar-refractivity contribution in [1.82, 2.24) is 0 Å². The highest BCUT2D eigenvalue weighted by Crippen LogP contribution is 2.31. The van der Waals surface area contributed by atoms with Crippen LogP contribution in [0, 0.1) is 5.92 Å². The van der Waals surface area contributed by atoms with E-state index in [1.54, 1.807) is 17.8 Å². The average molecular weight is 512 g/mol. The van der Waals surface area contributed by atoms with Gasteiger partial charge in [0.25, 0.3) is 0 Å². The number of hydrogen-bond donors (Lipinski definition) is 0. The van der Waals surface area contributed by atoms with Crippen LogP contribution < -0.4 is 0 Å². The molecule has 1 aliphatic rings. The Labute approximate surface area is 223 Å². The van der Waals surface area contributed by atoms with Gasteiger partial charge in [-0.25, -0.2) is 0 Å². The summed E-state index contributed by atoms with van der Waals surface area (Å²) in [6.45, 7) is 2.55. The molecule has 4 nitrogen and oxygen atoms in total. The minimum atomic E-state index is -0.105. The summed E-state index contributed by atoms with van der Waals surface area (Å²) < 4.78 is 5.74. The quantitative estimate of drug-likeness (QED) is 0.121. The van der Waals surface area contributed by atoms with E-state index in [1.807, 2.05) is 55.5 Å². The molecule has 0 saturated heterocycles. The number of nitrogens with zero attached hydrogens (tertiary/aromatic N) is 1. The molecule has 0 unspecified atom stereocenters. The smallest absolute Gasteiger partial charge is 0.228 e. The van der Waals surface area contributed by atoms with Gasteiger partial charge >= 0.3 is 0 Å². The second-order valence-corrected chi connectivity index (χ2v) is 10.8. The highest BCUT2D eigenvalue weighted by Gasteiger charge is 2.16. The molecule has 0 spiro atoms. The normalized spacial score (nSPS) is 14.7. The highest BCUT2D eigenvalue weighted by molar-refractivity contribution is 7.99. The first-order valence-corrected chi connectivity index (χ1v) is 14.1. The fraction of sp³-hybridized carbons (Fsp3) is 0.312. The number of rotatable bonds is 10. The largest absolute Gasteiger partial charge is 0.453 e. The van der Waals surface area contributed by atoms with Crippen LogP contribution >= 0.6 is 11.8 Å². The fourth-order valence-corrected chi connectivity index (χ4v) is 5.78. The molecule has 1 fully saturated rings. The second-order valence-electron chi connectivity index (χ2n) is 9.63. The SMILES string of the molecule is CCO/N=C(/CCC1CCCCC1)c1ccc(Sc2ccc(C(=O)c3cc4ccccc4o3)cc2)cc1. The molecule has 5 heteroatoms. The maximum absolute atomic E-state index is 12.9. The van der Waals surface area contributed by atoms with Crippen molar-refractivity contribution >= 4 is 34.2 Å². The summed E-state index contributed by atoms with van der Waals surface area (Å²) in [6, 6.07) is 25.7. The Hall–Kier alpha value is -3.31. The van der Waals surface area contributed by atoms with Crippen molar-refractivity contribution in [2.75, 3.05) is 6.61 Å². The topological polar surface area (TPSA) is 51.8 Å². The first-order chi connectivity index (χ1) is 18.2. The van der Waals surface area contributed by atoms with E-state index >= 15 is 0 Å². The van der Waals surface area contributed by atoms with E-state index in [2.05, 4.69) is 29.4 Å². The third-order valence-corrected chi connectivity index (χ3v) is 8.02. The van der Waals surface area contributed by atoms with E-state index in [-0.39, 0.29) is 5.78 Å². The number of para-hydroxylation sites is 1. The summed E-state index contributed by atoms with van der Waals surface area (Å²) in [7, 11) is 0. The van der Waals surface area contributed by atoms with E-state index in [0.29, 0.717) is 17.9 Å². The van der Waals surface area contributed by atoms with Crippen molar-refractivity contribution < 1.29 is 14.0 Å². The summed E-state index contributed by atoms with van der Waals surface area (Å²) in [5.74, 6) is 1.08. The first-order valence-electron chi connectivity index (χ1n) is 13.3. The van der Waals surface area contributed by atoms with Gasteiger partial charge in [0, 0.05) is 20.7 Å². The van der Waals surface area contributed by atoms with Gasteiger partial charge in [-0.15, -0.1) is 0 Å². The van der Waals surface area contributed by atoms with Crippen LogP contribution in [0.2, 0.25) is 0 Å². The lowest BCUT2D eigenvalue weighted by Crippen LogP contribution is -2.10. The fourth-order valence-electron chi connectivity index (χ4n) is 4.96. The minimum absolute atomic E-state index is 0.105. The lowest BCUT2D eigenvalue weighted by molar-refractivity contribution is 0.101. The molecule has 0 N–H and O–H groups in total. The minimum Gasteiger partial charge on any atom is -0.453 e. The van der Waals surface area contributed by atoms with Crippen molar-refractivity contribution in [2.24, 2.45) is 11.1 Å². The monoisotopic (exact) mass is 511 g/mol. The van der Waals surface area contributed by atoms with Gasteiger partial charge in [-0.05, 0) is 79.8 Å².